The number of carbonyl (C=O) groups is 2. The minimum Gasteiger partial charge on any atom is -0.497 e. The van der Waals surface area contributed by atoms with Crippen molar-refractivity contribution in [3.63, 3.8) is 0 Å². The Morgan fingerprint density at radius 2 is 1.71 bits per heavy atom. The van der Waals surface area contributed by atoms with Crippen LogP contribution in [0.3, 0.4) is 0 Å². The third-order valence-electron chi connectivity index (χ3n) is 5.86. The van der Waals surface area contributed by atoms with Gasteiger partial charge in [-0.25, -0.2) is 4.79 Å². The molecule has 1 fully saturated rings. The number of carboxylic acids is 1. The molecule has 0 aliphatic carbocycles. The van der Waals surface area contributed by atoms with Crippen molar-refractivity contribution in [2.75, 3.05) is 20.3 Å². The fourth-order valence-electron chi connectivity index (χ4n) is 3.94. The maximum absolute atomic E-state index is 12.7. The Morgan fingerprint density at radius 1 is 1.00 bits per heavy atom. The molecule has 0 amide bonds. The van der Waals surface area contributed by atoms with Gasteiger partial charge in [0.2, 0.25) is 0 Å². The Morgan fingerprint density at radius 3 is 2.43 bits per heavy atom. The molecule has 7 heteroatoms. The topological polar surface area (TPSA) is 91.3 Å². The average molecular weight is 483 g/mol. The summed E-state index contributed by atoms with van der Waals surface area (Å²) in [5.41, 5.74) is 0.776. The molecule has 188 valence electrons. The Kier molecular flexibility index (Phi) is 10.2. The van der Waals surface area contributed by atoms with Gasteiger partial charge in [0.1, 0.15) is 18.1 Å². The molecule has 0 radical (unpaired) electrons. The van der Waals surface area contributed by atoms with Gasteiger partial charge in [-0.1, -0.05) is 49.2 Å². The Labute approximate surface area is 206 Å². The second-order valence-corrected chi connectivity index (χ2v) is 8.77. The third kappa shape index (κ3) is 8.76. The monoisotopic (exact) mass is 482 g/mol. The van der Waals surface area contributed by atoms with Crippen LogP contribution in [0.25, 0.3) is 0 Å². The summed E-state index contributed by atoms with van der Waals surface area (Å²) < 4.78 is 23.0. The van der Waals surface area contributed by atoms with Crippen LogP contribution in [0.2, 0.25) is 0 Å². The molecule has 1 unspecified atom stereocenters. The number of hydrogen-bond acceptors (Lipinski definition) is 6. The summed E-state index contributed by atoms with van der Waals surface area (Å²) in [5.74, 6) is 0.294. The van der Waals surface area contributed by atoms with Crippen molar-refractivity contribution >= 4 is 11.9 Å². The first kappa shape index (κ1) is 26.3. The zero-order valence-electron chi connectivity index (χ0n) is 20.2. The van der Waals surface area contributed by atoms with Gasteiger partial charge in [-0.15, -0.1) is 0 Å². The fraction of sp³-hybridized carbons (Fsp3) is 0.429. The summed E-state index contributed by atoms with van der Waals surface area (Å²) in [5, 5.41) is 8.72. The van der Waals surface area contributed by atoms with Gasteiger partial charge < -0.3 is 24.1 Å². The summed E-state index contributed by atoms with van der Waals surface area (Å²) in [6, 6.07) is 17.1. The fourth-order valence-corrected chi connectivity index (χ4v) is 3.94. The SMILES string of the molecule is COc1ccc(OCC2(COCc3ccccc3)C/C(=C\CCCCCCC(=O)O)C(=O)O2)cc1. The highest BCUT2D eigenvalue weighted by Gasteiger charge is 2.45. The highest BCUT2D eigenvalue weighted by atomic mass is 16.6. The minimum atomic E-state index is -0.904. The lowest BCUT2D eigenvalue weighted by atomic mass is 9.98. The molecule has 1 aliphatic heterocycles. The highest BCUT2D eigenvalue weighted by molar-refractivity contribution is 5.91. The van der Waals surface area contributed by atoms with Gasteiger partial charge in [0.25, 0.3) is 0 Å². The van der Waals surface area contributed by atoms with Gasteiger partial charge in [-0.3, -0.25) is 4.79 Å². The third-order valence-corrected chi connectivity index (χ3v) is 5.86. The van der Waals surface area contributed by atoms with Crippen molar-refractivity contribution in [1.82, 2.24) is 0 Å². The molecule has 35 heavy (non-hydrogen) atoms. The van der Waals surface area contributed by atoms with Crippen LogP contribution >= 0.6 is 0 Å². The van der Waals surface area contributed by atoms with Crippen molar-refractivity contribution in [1.29, 1.82) is 0 Å². The number of rotatable bonds is 15. The first-order valence-corrected chi connectivity index (χ1v) is 12.0. The van der Waals surface area contributed by atoms with Crippen LogP contribution in [0, 0.1) is 0 Å². The van der Waals surface area contributed by atoms with Crippen LogP contribution in [0.4, 0.5) is 0 Å². The Bertz CT molecular complexity index is 969. The lowest BCUT2D eigenvalue weighted by molar-refractivity contribution is -0.156. The maximum atomic E-state index is 12.7. The molecule has 0 saturated carbocycles. The van der Waals surface area contributed by atoms with Crippen LogP contribution in [0.15, 0.2) is 66.2 Å². The van der Waals surface area contributed by atoms with E-state index in [1.54, 1.807) is 7.11 Å². The number of unbranched alkanes of at least 4 members (excludes halogenated alkanes) is 4. The van der Waals surface area contributed by atoms with E-state index < -0.39 is 11.6 Å². The molecule has 0 aromatic heterocycles. The van der Waals surface area contributed by atoms with Crippen LogP contribution in [0.5, 0.6) is 11.5 Å². The van der Waals surface area contributed by atoms with Crippen molar-refractivity contribution in [2.24, 2.45) is 0 Å². The number of carboxylic acid groups (broad SMARTS) is 1. The number of methoxy groups -OCH3 is 1. The quantitative estimate of drug-likeness (QED) is 0.208. The number of cyclic esters (lactones) is 1. The smallest absolute Gasteiger partial charge is 0.334 e. The summed E-state index contributed by atoms with van der Waals surface area (Å²) in [6.07, 6.45) is 6.67. The van der Waals surface area contributed by atoms with E-state index in [1.165, 1.54) is 0 Å². The highest BCUT2D eigenvalue weighted by Crippen LogP contribution is 2.33. The Hall–Kier alpha value is -3.32. The van der Waals surface area contributed by atoms with E-state index in [9.17, 15) is 9.59 Å². The number of carbonyl (C=O) groups excluding carboxylic acids is 1. The van der Waals surface area contributed by atoms with Gasteiger partial charge in [-0.2, -0.15) is 0 Å². The van der Waals surface area contributed by atoms with E-state index in [1.807, 2.05) is 60.7 Å². The second-order valence-electron chi connectivity index (χ2n) is 8.77. The molecular weight excluding hydrogens is 448 g/mol. The minimum absolute atomic E-state index is 0.173. The van der Waals surface area contributed by atoms with E-state index in [0.29, 0.717) is 30.8 Å². The molecule has 1 saturated heterocycles. The van der Waals surface area contributed by atoms with E-state index in [-0.39, 0.29) is 25.6 Å². The molecule has 0 bridgehead atoms. The summed E-state index contributed by atoms with van der Waals surface area (Å²) in [7, 11) is 1.61. The van der Waals surface area contributed by atoms with Crippen molar-refractivity contribution in [2.45, 2.75) is 57.2 Å². The number of aliphatic carboxylic acids is 1. The van der Waals surface area contributed by atoms with Gasteiger partial charge >= 0.3 is 11.9 Å². The summed E-state index contributed by atoms with van der Waals surface area (Å²) >= 11 is 0. The van der Waals surface area contributed by atoms with Crippen molar-refractivity contribution in [3.05, 3.63) is 71.8 Å². The van der Waals surface area contributed by atoms with Gasteiger partial charge in [-0.05, 0) is 49.1 Å². The number of hydrogen-bond donors (Lipinski definition) is 1. The molecule has 1 N–H and O–H groups in total. The predicted molar refractivity (Wildman–Crippen MR) is 131 cm³/mol. The molecule has 2 aromatic carbocycles. The molecule has 3 rings (SSSR count). The van der Waals surface area contributed by atoms with E-state index >= 15 is 0 Å². The number of allylic oxidation sites excluding steroid dienone is 1. The lowest BCUT2D eigenvalue weighted by Crippen LogP contribution is -2.40. The zero-order valence-corrected chi connectivity index (χ0v) is 20.2. The van der Waals surface area contributed by atoms with Crippen LogP contribution in [-0.2, 0) is 25.7 Å². The van der Waals surface area contributed by atoms with Gasteiger partial charge in [0.15, 0.2) is 5.60 Å². The van der Waals surface area contributed by atoms with Crippen molar-refractivity contribution < 1.29 is 33.6 Å². The number of esters is 1. The zero-order chi connectivity index (χ0) is 24.9. The first-order valence-electron chi connectivity index (χ1n) is 12.0. The second kappa shape index (κ2) is 13.5. The largest absolute Gasteiger partial charge is 0.497 e. The van der Waals surface area contributed by atoms with Crippen molar-refractivity contribution in [3.8, 4) is 11.5 Å². The number of ether oxygens (including phenoxy) is 4. The lowest BCUT2D eigenvalue weighted by Gasteiger charge is -2.27. The van der Waals surface area contributed by atoms with Gasteiger partial charge in [0.05, 0.1) is 20.3 Å². The van der Waals surface area contributed by atoms with E-state index in [2.05, 4.69) is 0 Å². The molecule has 7 nitrogen and oxygen atoms in total. The molecule has 1 heterocycles. The van der Waals surface area contributed by atoms with E-state index in [4.69, 9.17) is 24.1 Å². The average Bonchev–Trinajstić information content (AvgIpc) is 3.18. The first-order chi connectivity index (χ1) is 17.0. The predicted octanol–water partition coefficient (Wildman–Crippen LogP) is 5.33. The molecular formula is C28H34O7. The van der Waals surface area contributed by atoms with E-state index in [0.717, 1.165) is 37.0 Å². The Balaban J connectivity index is 1.58. The van der Waals surface area contributed by atoms with Crippen LogP contribution < -0.4 is 9.47 Å². The number of benzene rings is 2. The normalized spacial score (nSPS) is 18.4. The van der Waals surface area contributed by atoms with Gasteiger partial charge in [0, 0.05) is 18.4 Å². The molecule has 1 aliphatic rings. The maximum Gasteiger partial charge on any atom is 0.334 e. The van der Waals surface area contributed by atoms with Crippen LogP contribution in [0.1, 0.15) is 50.5 Å². The molecule has 0 spiro atoms. The molecule has 1 atom stereocenters. The van der Waals surface area contributed by atoms with Crippen LogP contribution in [-0.4, -0.2) is 43.0 Å². The summed E-state index contributed by atoms with van der Waals surface area (Å²) in [4.78, 5) is 23.3. The standard InChI is InChI=1S/C28H34O7/c1-32-24-14-16-25(17-15-24)34-21-28(20-33-19-22-10-6-5-7-11-22)18-23(27(31)35-28)12-8-3-2-4-9-13-26(29)30/h5-7,10-12,14-17H,2-4,8-9,13,18-21H2,1H3,(H,29,30)/b23-12+. The summed E-state index contributed by atoms with van der Waals surface area (Å²) in [6.45, 7) is 0.806. The molecule has 2 aromatic rings.